The third-order valence-corrected chi connectivity index (χ3v) is 0. The minimum absolute atomic E-state index is 0. The maximum atomic E-state index is 9.00. The van der Waals surface area contributed by atoms with Crippen molar-refractivity contribution in [1.29, 1.82) is 0 Å². The maximum absolute atomic E-state index is 9.00. The molecular formula is C2H9BrN4O2. The molecule has 0 fully saturated rings. The Hall–Kier alpha value is -0.980. The molecule has 0 aromatic carbocycles. The van der Waals surface area contributed by atoms with E-state index in [0.29, 0.717) is 0 Å². The average molecular weight is 201 g/mol. The zero-order valence-electron chi connectivity index (χ0n) is 4.53. The van der Waals surface area contributed by atoms with Gasteiger partial charge in [0, 0.05) is 0 Å². The first-order valence-electron chi connectivity index (χ1n) is 1.56. The molecule has 0 spiro atoms. The summed E-state index contributed by atoms with van der Waals surface area (Å²) in [5, 5.41) is 0. The van der Waals surface area contributed by atoms with Crippen LogP contribution < -0.4 is 22.9 Å². The Morgan fingerprint density at radius 2 is 0.778 bits per heavy atom. The molecule has 8 N–H and O–H groups in total. The molecule has 0 radical (unpaired) electrons. The first-order valence-corrected chi connectivity index (χ1v) is 1.56. The van der Waals surface area contributed by atoms with Crippen LogP contribution in [0.25, 0.3) is 0 Å². The highest BCUT2D eigenvalue weighted by molar-refractivity contribution is 8.93. The summed E-state index contributed by atoms with van der Waals surface area (Å²) in [6.07, 6.45) is 0. The Bertz CT molecular complexity index is 74.6. The molecule has 0 unspecified atom stereocenters. The van der Waals surface area contributed by atoms with Crippen LogP contribution >= 0.6 is 17.0 Å². The summed E-state index contributed by atoms with van der Waals surface area (Å²) in [5.74, 6) is 0. The van der Waals surface area contributed by atoms with Crippen LogP contribution in [-0.2, 0) is 0 Å². The van der Waals surface area contributed by atoms with Gasteiger partial charge >= 0.3 is 12.1 Å². The second-order valence-corrected chi connectivity index (χ2v) is 0.805. The lowest BCUT2D eigenvalue weighted by atomic mass is 11.2. The molecule has 0 atom stereocenters. The van der Waals surface area contributed by atoms with E-state index >= 15 is 0 Å². The van der Waals surface area contributed by atoms with E-state index in [4.69, 9.17) is 9.59 Å². The van der Waals surface area contributed by atoms with Gasteiger partial charge in [0.15, 0.2) is 0 Å². The van der Waals surface area contributed by atoms with Crippen molar-refractivity contribution in [2.75, 3.05) is 0 Å². The number of hydrogen-bond donors (Lipinski definition) is 4. The van der Waals surface area contributed by atoms with Crippen LogP contribution in [0.5, 0.6) is 0 Å². The minimum Gasteiger partial charge on any atom is -0.352 e. The predicted molar refractivity (Wildman–Crippen MR) is 37.9 cm³/mol. The van der Waals surface area contributed by atoms with Gasteiger partial charge in [-0.05, 0) is 0 Å². The first-order chi connectivity index (χ1) is 3.46. The standard InChI is InChI=1S/2CH4N2O.BrH/c2*2-1(3)4;/h2*(H4,2,3,4);1H. The third-order valence-electron chi connectivity index (χ3n) is 0. The fourth-order valence-corrected chi connectivity index (χ4v) is 0. The van der Waals surface area contributed by atoms with E-state index in [1.54, 1.807) is 0 Å². The molecule has 0 aromatic rings. The monoisotopic (exact) mass is 200 g/mol. The molecule has 7 heteroatoms. The number of rotatable bonds is 0. The Labute approximate surface area is 62.3 Å². The summed E-state index contributed by atoms with van der Waals surface area (Å²) in [6.45, 7) is 0. The summed E-state index contributed by atoms with van der Waals surface area (Å²) in [6, 6.07) is -1.67. The number of carbonyl (C=O) groups is 2. The molecule has 0 saturated carbocycles. The molecule has 0 aliphatic carbocycles. The number of primary amides is 4. The van der Waals surface area contributed by atoms with Crippen LogP contribution in [0.4, 0.5) is 9.59 Å². The predicted octanol–water partition coefficient (Wildman–Crippen LogP) is -1.37. The lowest BCUT2D eigenvalue weighted by Crippen LogP contribution is -2.18. The van der Waals surface area contributed by atoms with E-state index in [0.717, 1.165) is 0 Å². The van der Waals surface area contributed by atoms with E-state index < -0.39 is 12.1 Å². The van der Waals surface area contributed by atoms with Gasteiger partial charge in [0.1, 0.15) is 0 Å². The van der Waals surface area contributed by atoms with Crippen molar-refractivity contribution < 1.29 is 9.59 Å². The van der Waals surface area contributed by atoms with E-state index in [9.17, 15) is 0 Å². The fraction of sp³-hybridized carbons (Fsp3) is 0. The van der Waals surface area contributed by atoms with Crippen LogP contribution in [0, 0.1) is 0 Å². The molecule has 6 nitrogen and oxygen atoms in total. The van der Waals surface area contributed by atoms with Gasteiger partial charge in [-0.25, -0.2) is 9.59 Å². The minimum atomic E-state index is -0.833. The number of nitrogens with two attached hydrogens (primary N) is 4. The highest BCUT2D eigenvalue weighted by Crippen LogP contribution is 1.26. The van der Waals surface area contributed by atoms with Gasteiger partial charge in [-0.2, -0.15) is 0 Å². The van der Waals surface area contributed by atoms with Gasteiger partial charge < -0.3 is 22.9 Å². The van der Waals surface area contributed by atoms with Crippen LogP contribution in [0.15, 0.2) is 0 Å². The van der Waals surface area contributed by atoms with E-state index in [-0.39, 0.29) is 17.0 Å². The van der Waals surface area contributed by atoms with E-state index in [2.05, 4.69) is 22.9 Å². The van der Waals surface area contributed by atoms with Gasteiger partial charge in [0.2, 0.25) is 0 Å². The molecule has 0 aliphatic rings. The smallest absolute Gasteiger partial charge is 0.309 e. The van der Waals surface area contributed by atoms with E-state index in [1.165, 1.54) is 0 Å². The molecule has 0 aromatic heterocycles. The number of hydrogen-bond acceptors (Lipinski definition) is 2. The van der Waals surface area contributed by atoms with Crippen LogP contribution in [-0.4, -0.2) is 12.1 Å². The molecular weight excluding hydrogens is 192 g/mol. The quantitative estimate of drug-likeness (QED) is 0.384. The number of amides is 4. The molecule has 9 heavy (non-hydrogen) atoms. The van der Waals surface area contributed by atoms with Crippen LogP contribution in [0.3, 0.4) is 0 Å². The SMILES string of the molecule is Br.NC(N)=O.NC(N)=O. The Balaban J connectivity index is -0.0000000720. The number of urea groups is 2. The molecule has 0 heterocycles. The molecule has 0 saturated heterocycles. The van der Waals surface area contributed by atoms with Crippen molar-refractivity contribution in [2.45, 2.75) is 0 Å². The van der Waals surface area contributed by atoms with Crippen molar-refractivity contribution in [3.63, 3.8) is 0 Å². The van der Waals surface area contributed by atoms with Crippen molar-refractivity contribution in [2.24, 2.45) is 22.9 Å². The second kappa shape index (κ2) is 10.1. The Morgan fingerprint density at radius 1 is 0.778 bits per heavy atom. The summed E-state index contributed by atoms with van der Waals surface area (Å²) >= 11 is 0. The summed E-state index contributed by atoms with van der Waals surface area (Å²) in [5.41, 5.74) is 17.0. The molecule has 0 aliphatic heterocycles. The largest absolute Gasteiger partial charge is 0.352 e. The highest BCUT2D eigenvalue weighted by Gasteiger charge is 1.61. The van der Waals surface area contributed by atoms with Crippen LogP contribution in [0.2, 0.25) is 0 Å². The Morgan fingerprint density at radius 3 is 0.778 bits per heavy atom. The molecule has 4 amide bonds. The van der Waals surface area contributed by atoms with Gasteiger partial charge in [0.25, 0.3) is 0 Å². The molecule has 56 valence electrons. The number of halogens is 1. The zero-order chi connectivity index (χ0) is 7.15. The van der Waals surface area contributed by atoms with Gasteiger partial charge in [-0.3, -0.25) is 0 Å². The van der Waals surface area contributed by atoms with Gasteiger partial charge in [0.05, 0.1) is 0 Å². The summed E-state index contributed by atoms with van der Waals surface area (Å²) in [4.78, 5) is 18.0. The average Bonchev–Trinajstić information content (AvgIpc) is 1.25. The Kier molecular flexibility index (Phi) is 17.6. The van der Waals surface area contributed by atoms with E-state index in [1.807, 2.05) is 0 Å². The normalized spacial score (nSPS) is 5.33. The topological polar surface area (TPSA) is 138 Å². The fourth-order valence-electron chi connectivity index (χ4n) is 0. The van der Waals surface area contributed by atoms with Crippen molar-refractivity contribution >= 4 is 29.0 Å². The molecule has 0 bridgehead atoms. The third kappa shape index (κ3) is 184. The highest BCUT2D eigenvalue weighted by atomic mass is 79.9. The number of carbonyl (C=O) groups excluding carboxylic acids is 2. The second-order valence-electron chi connectivity index (χ2n) is 0.805. The first kappa shape index (κ1) is 15.7. The van der Waals surface area contributed by atoms with Gasteiger partial charge in [-0.15, -0.1) is 17.0 Å². The van der Waals surface area contributed by atoms with Crippen molar-refractivity contribution in [3.8, 4) is 0 Å². The van der Waals surface area contributed by atoms with Crippen molar-refractivity contribution in [3.05, 3.63) is 0 Å². The maximum Gasteiger partial charge on any atom is 0.309 e. The lowest BCUT2D eigenvalue weighted by molar-refractivity contribution is 0.255. The summed E-state index contributed by atoms with van der Waals surface area (Å²) in [7, 11) is 0. The van der Waals surface area contributed by atoms with Crippen LogP contribution in [0.1, 0.15) is 0 Å². The van der Waals surface area contributed by atoms with Crippen molar-refractivity contribution in [1.82, 2.24) is 0 Å². The van der Waals surface area contributed by atoms with Gasteiger partial charge in [-0.1, -0.05) is 0 Å². The summed E-state index contributed by atoms with van der Waals surface area (Å²) < 4.78 is 0. The molecule has 0 rings (SSSR count). The lowest BCUT2D eigenvalue weighted by Gasteiger charge is -1.62. The zero-order valence-corrected chi connectivity index (χ0v) is 6.25.